The van der Waals surface area contributed by atoms with Crippen LogP contribution in [0.2, 0.25) is 0 Å². The molecule has 0 atom stereocenters. The summed E-state index contributed by atoms with van der Waals surface area (Å²) >= 11 is 0. The van der Waals surface area contributed by atoms with Gasteiger partial charge in [-0.15, -0.1) is 0 Å². The van der Waals surface area contributed by atoms with Crippen molar-refractivity contribution in [1.29, 1.82) is 0 Å². The monoisotopic (exact) mass is 239 g/mol. The van der Waals surface area contributed by atoms with E-state index in [4.69, 9.17) is 4.74 Å². The summed E-state index contributed by atoms with van der Waals surface area (Å²) in [7, 11) is 1.67. The number of ether oxygens (including phenoxy) is 1. The van der Waals surface area contributed by atoms with E-state index in [1.807, 2.05) is 41.8 Å². The van der Waals surface area contributed by atoms with Crippen molar-refractivity contribution in [2.45, 2.75) is 6.92 Å². The highest BCUT2D eigenvalue weighted by atomic mass is 16.5. The van der Waals surface area contributed by atoms with Gasteiger partial charge >= 0.3 is 0 Å². The van der Waals surface area contributed by atoms with E-state index >= 15 is 0 Å². The molecule has 0 aliphatic rings. The zero-order valence-electron chi connectivity index (χ0n) is 10.3. The summed E-state index contributed by atoms with van der Waals surface area (Å²) in [6.07, 6.45) is 5.51. The standard InChI is InChI=1S/C14H13N3O/c1-10-14(11-3-5-12(18-2)6-4-11)17-8-7-15-13(17)9-16-10/h3-9H,1-2H3. The number of hydrogen-bond donors (Lipinski definition) is 0. The van der Waals surface area contributed by atoms with Crippen LogP contribution in [-0.4, -0.2) is 21.5 Å². The molecule has 0 fully saturated rings. The number of benzene rings is 1. The summed E-state index contributed by atoms with van der Waals surface area (Å²) in [5, 5.41) is 0. The fourth-order valence-electron chi connectivity index (χ4n) is 2.09. The van der Waals surface area contributed by atoms with E-state index in [9.17, 15) is 0 Å². The molecule has 0 aliphatic heterocycles. The van der Waals surface area contributed by atoms with Gasteiger partial charge in [0, 0.05) is 18.0 Å². The molecule has 0 saturated heterocycles. The largest absolute Gasteiger partial charge is 0.497 e. The highest BCUT2D eigenvalue weighted by Gasteiger charge is 2.08. The summed E-state index contributed by atoms with van der Waals surface area (Å²) < 4.78 is 7.22. The minimum Gasteiger partial charge on any atom is -0.497 e. The zero-order valence-corrected chi connectivity index (χ0v) is 10.3. The smallest absolute Gasteiger partial charge is 0.155 e. The van der Waals surface area contributed by atoms with Gasteiger partial charge in [0.15, 0.2) is 5.65 Å². The lowest BCUT2D eigenvalue weighted by atomic mass is 10.1. The molecule has 0 N–H and O–H groups in total. The molecule has 3 aromatic rings. The Morgan fingerprint density at radius 1 is 1.11 bits per heavy atom. The van der Waals surface area contributed by atoms with Crippen LogP contribution in [0.5, 0.6) is 5.75 Å². The van der Waals surface area contributed by atoms with E-state index in [0.29, 0.717) is 0 Å². The third-order valence-corrected chi connectivity index (χ3v) is 2.99. The van der Waals surface area contributed by atoms with Gasteiger partial charge in [0.05, 0.1) is 24.7 Å². The maximum Gasteiger partial charge on any atom is 0.155 e. The summed E-state index contributed by atoms with van der Waals surface area (Å²) in [4.78, 5) is 8.64. The van der Waals surface area contributed by atoms with Crippen molar-refractivity contribution in [3.63, 3.8) is 0 Å². The Bertz CT molecular complexity index is 686. The Morgan fingerprint density at radius 2 is 1.89 bits per heavy atom. The fourth-order valence-corrected chi connectivity index (χ4v) is 2.09. The van der Waals surface area contributed by atoms with Crippen molar-refractivity contribution in [1.82, 2.24) is 14.4 Å². The first-order chi connectivity index (χ1) is 8.79. The van der Waals surface area contributed by atoms with Crippen LogP contribution in [0, 0.1) is 6.92 Å². The van der Waals surface area contributed by atoms with Crippen LogP contribution in [-0.2, 0) is 0 Å². The van der Waals surface area contributed by atoms with Gasteiger partial charge in [0.2, 0.25) is 0 Å². The third kappa shape index (κ3) is 1.62. The number of imidazole rings is 1. The lowest BCUT2D eigenvalue weighted by molar-refractivity contribution is 0.415. The van der Waals surface area contributed by atoms with Crippen LogP contribution < -0.4 is 4.74 Å². The van der Waals surface area contributed by atoms with E-state index in [1.54, 1.807) is 19.5 Å². The number of rotatable bonds is 2. The molecule has 2 heterocycles. The van der Waals surface area contributed by atoms with Crippen molar-refractivity contribution in [2.24, 2.45) is 0 Å². The quantitative estimate of drug-likeness (QED) is 0.690. The van der Waals surface area contributed by atoms with Crippen molar-refractivity contribution < 1.29 is 4.74 Å². The molecule has 0 saturated carbocycles. The molecule has 1 aromatic carbocycles. The highest BCUT2D eigenvalue weighted by Crippen LogP contribution is 2.25. The van der Waals surface area contributed by atoms with Gasteiger partial charge in [-0.3, -0.25) is 9.38 Å². The van der Waals surface area contributed by atoms with Crippen molar-refractivity contribution in [3.8, 4) is 17.0 Å². The molecule has 90 valence electrons. The van der Waals surface area contributed by atoms with Crippen molar-refractivity contribution in [3.05, 3.63) is 48.5 Å². The summed E-state index contributed by atoms with van der Waals surface area (Å²) in [5.41, 5.74) is 3.99. The van der Waals surface area contributed by atoms with Gasteiger partial charge in [-0.05, 0) is 31.2 Å². The van der Waals surface area contributed by atoms with Crippen LogP contribution in [0.25, 0.3) is 16.9 Å². The predicted octanol–water partition coefficient (Wildman–Crippen LogP) is 2.71. The number of nitrogens with zero attached hydrogens (tertiary/aromatic N) is 3. The maximum absolute atomic E-state index is 5.17. The fraction of sp³-hybridized carbons (Fsp3) is 0.143. The zero-order chi connectivity index (χ0) is 12.5. The number of aromatic nitrogens is 3. The molecular weight excluding hydrogens is 226 g/mol. The SMILES string of the molecule is COc1ccc(-c2c(C)ncc3nccn23)cc1. The Balaban J connectivity index is 2.23. The van der Waals surface area contributed by atoms with Crippen LogP contribution in [0.15, 0.2) is 42.9 Å². The maximum atomic E-state index is 5.17. The minimum absolute atomic E-state index is 0.849. The number of fused-ring (bicyclic) bond motifs is 1. The molecule has 0 aliphatic carbocycles. The van der Waals surface area contributed by atoms with Crippen LogP contribution in [0.4, 0.5) is 0 Å². The average molecular weight is 239 g/mol. The summed E-state index contributed by atoms with van der Waals surface area (Å²) in [6.45, 7) is 2.00. The molecule has 18 heavy (non-hydrogen) atoms. The summed E-state index contributed by atoms with van der Waals surface area (Å²) in [5.74, 6) is 0.849. The van der Waals surface area contributed by atoms with Gasteiger partial charge in [-0.1, -0.05) is 0 Å². The van der Waals surface area contributed by atoms with Gasteiger partial charge in [0.25, 0.3) is 0 Å². The Morgan fingerprint density at radius 3 is 2.61 bits per heavy atom. The van der Waals surface area contributed by atoms with Crippen molar-refractivity contribution in [2.75, 3.05) is 7.11 Å². The van der Waals surface area contributed by atoms with Gasteiger partial charge in [0.1, 0.15) is 5.75 Å². The molecular formula is C14H13N3O. The highest BCUT2D eigenvalue weighted by molar-refractivity contribution is 5.65. The van der Waals surface area contributed by atoms with Crippen LogP contribution in [0.3, 0.4) is 0 Å². The Hall–Kier alpha value is -2.36. The first kappa shape index (κ1) is 10.8. The van der Waals surface area contributed by atoms with E-state index in [-0.39, 0.29) is 0 Å². The molecule has 0 bridgehead atoms. The topological polar surface area (TPSA) is 39.4 Å². The molecule has 0 amide bonds. The lowest BCUT2D eigenvalue weighted by Crippen LogP contribution is -1.97. The average Bonchev–Trinajstić information content (AvgIpc) is 2.87. The van der Waals surface area contributed by atoms with Crippen LogP contribution >= 0.6 is 0 Å². The Labute approximate surface area is 105 Å². The van der Waals surface area contributed by atoms with Gasteiger partial charge in [-0.25, -0.2) is 4.98 Å². The first-order valence-corrected chi connectivity index (χ1v) is 5.72. The van der Waals surface area contributed by atoms with E-state index in [1.165, 1.54) is 0 Å². The van der Waals surface area contributed by atoms with E-state index in [0.717, 1.165) is 28.3 Å². The number of methoxy groups -OCH3 is 1. The molecule has 0 radical (unpaired) electrons. The second-order valence-electron chi connectivity index (χ2n) is 4.08. The Kier molecular flexibility index (Phi) is 2.48. The summed E-state index contributed by atoms with van der Waals surface area (Å²) in [6, 6.07) is 7.96. The molecule has 2 aromatic heterocycles. The third-order valence-electron chi connectivity index (χ3n) is 2.99. The van der Waals surface area contributed by atoms with Crippen molar-refractivity contribution >= 4 is 5.65 Å². The van der Waals surface area contributed by atoms with Gasteiger partial charge < -0.3 is 4.74 Å². The molecule has 0 unspecified atom stereocenters. The van der Waals surface area contributed by atoms with Crippen LogP contribution in [0.1, 0.15) is 5.69 Å². The first-order valence-electron chi connectivity index (χ1n) is 5.72. The number of hydrogen-bond acceptors (Lipinski definition) is 3. The lowest BCUT2D eigenvalue weighted by Gasteiger charge is -2.09. The molecule has 4 heteroatoms. The molecule has 3 rings (SSSR count). The minimum atomic E-state index is 0.849. The molecule has 4 nitrogen and oxygen atoms in total. The number of aryl methyl sites for hydroxylation is 1. The second-order valence-corrected chi connectivity index (χ2v) is 4.08. The van der Waals surface area contributed by atoms with E-state index in [2.05, 4.69) is 9.97 Å². The molecule has 0 spiro atoms. The normalized spacial score (nSPS) is 10.8. The second kappa shape index (κ2) is 4.14. The predicted molar refractivity (Wildman–Crippen MR) is 69.7 cm³/mol. The van der Waals surface area contributed by atoms with Gasteiger partial charge in [-0.2, -0.15) is 0 Å². The van der Waals surface area contributed by atoms with E-state index < -0.39 is 0 Å².